The molecule has 2 aromatic carbocycles. The molecule has 0 radical (unpaired) electrons. The third-order valence-corrected chi connectivity index (χ3v) is 5.40. The molecule has 11 heteroatoms. The van der Waals surface area contributed by atoms with Gasteiger partial charge in [0.2, 0.25) is 5.91 Å². The van der Waals surface area contributed by atoms with Crippen LogP contribution in [0.2, 0.25) is 0 Å². The normalized spacial score (nSPS) is 14.7. The zero-order valence-corrected chi connectivity index (χ0v) is 17.6. The predicted molar refractivity (Wildman–Crippen MR) is 118 cm³/mol. The highest BCUT2D eigenvalue weighted by Crippen LogP contribution is 2.32. The molecule has 1 fully saturated rings. The van der Waals surface area contributed by atoms with E-state index in [-0.39, 0.29) is 48.1 Å². The molecule has 166 valence electrons. The number of imide groups is 1. The van der Waals surface area contributed by atoms with Gasteiger partial charge in [-0.1, -0.05) is 30.3 Å². The second-order valence-corrected chi connectivity index (χ2v) is 7.65. The maximum absolute atomic E-state index is 13.8. The van der Waals surface area contributed by atoms with E-state index in [2.05, 4.69) is 10.6 Å². The summed E-state index contributed by atoms with van der Waals surface area (Å²) in [4.78, 5) is 48.1. The number of rotatable bonds is 9. The number of carbonyl (C=O) groups is 3. The lowest BCUT2D eigenvalue weighted by Crippen LogP contribution is -2.37. The molecule has 32 heavy (non-hydrogen) atoms. The molecule has 3 amide bonds. The summed E-state index contributed by atoms with van der Waals surface area (Å²) in [5, 5.41) is 15.9. The molecule has 0 unspecified atom stereocenters. The van der Waals surface area contributed by atoms with Crippen molar-refractivity contribution in [2.45, 2.75) is 6.42 Å². The molecule has 1 heterocycles. The number of carbonyl (C=O) groups excluding carboxylic acids is 3. The number of nitro groups is 1. The van der Waals surface area contributed by atoms with E-state index >= 15 is 0 Å². The van der Waals surface area contributed by atoms with Crippen LogP contribution < -0.4 is 10.6 Å². The molecular formula is C21H19FN4O5S. The average molecular weight is 458 g/mol. The zero-order chi connectivity index (χ0) is 23.1. The van der Waals surface area contributed by atoms with Crippen molar-refractivity contribution in [3.05, 3.63) is 74.9 Å². The quantitative estimate of drug-likeness (QED) is 0.336. The average Bonchev–Trinajstić information content (AvgIpc) is 3.03. The molecule has 0 atom stereocenters. The van der Waals surface area contributed by atoms with Crippen LogP contribution in [-0.2, 0) is 9.59 Å². The third-order valence-electron chi connectivity index (χ3n) is 4.49. The first-order valence-electron chi connectivity index (χ1n) is 9.60. The Hall–Kier alpha value is -3.73. The summed E-state index contributed by atoms with van der Waals surface area (Å²) in [5.74, 6) is -1.39. The van der Waals surface area contributed by atoms with E-state index in [0.717, 1.165) is 4.90 Å². The number of thioether (sulfide) groups is 1. The van der Waals surface area contributed by atoms with Crippen LogP contribution in [0.5, 0.6) is 0 Å². The van der Waals surface area contributed by atoms with Crippen LogP contribution in [0.3, 0.4) is 0 Å². The first-order valence-corrected chi connectivity index (χ1v) is 10.4. The lowest BCUT2D eigenvalue weighted by atomic mass is 10.2. The number of nitro benzene ring substituents is 1. The molecule has 0 spiro atoms. The standard InChI is InChI=1S/C21H19FN4O5S/c22-15-6-2-1-5-14(15)13-18-20(28)25(21(29)32-18)12-11-24-19(27)9-10-23-16-7-3-4-8-17(16)26(30)31/h1-8,13,23H,9-12H2,(H,24,27)/b18-13-. The molecule has 3 rings (SSSR count). The van der Waals surface area contributed by atoms with Gasteiger partial charge in [0.1, 0.15) is 11.5 Å². The molecule has 0 bridgehead atoms. The van der Waals surface area contributed by atoms with E-state index in [1.165, 1.54) is 30.3 Å². The molecule has 2 aromatic rings. The Morgan fingerprint density at radius 3 is 2.59 bits per heavy atom. The summed E-state index contributed by atoms with van der Waals surface area (Å²) in [7, 11) is 0. The smallest absolute Gasteiger partial charge is 0.293 e. The molecule has 0 aromatic heterocycles. The Morgan fingerprint density at radius 2 is 1.84 bits per heavy atom. The van der Waals surface area contributed by atoms with E-state index in [0.29, 0.717) is 17.4 Å². The van der Waals surface area contributed by atoms with Gasteiger partial charge in [0.15, 0.2) is 0 Å². The van der Waals surface area contributed by atoms with Crippen LogP contribution in [0.25, 0.3) is 6.08 Å². The van der Waals surface area contributed by atoms with E-state index in [1.807, 2.05) is 0 Å². The maximum atomic E-state index is 13.8. The molecule has 1 aliphatic rings. The molecule has 0 saturated carbocycles. The van der Waals surface area contributed by atoms with Crippen molar-refractivity contribution in [2.75, 3.05) is 25.0 Å². The fourth-order valence-corrected chi connectivity index (χ4v) is 3.77. The van der Waals surface area contributed by atoms with Crippen molar-refractivity contribution in [1.29, 1.82) is 0 Å². The summed E-state index contributed by atoms with van der Waals surface area (Å²) in [6.45, 7) is 0.196. The molecular weight excluding hydrogens is 439 g/mol. The van der Waals surface area contributed by atoms with Gasteiger partial charge in [-0.3, -0.25) is 29.4 Å². The van der Waals surface area contributed by atoms with Crippen LogP contribution in [0.15, 0.2) is 53.4 Å². The minimum Gasteiger partial charge on any atom is -0.379 e. The molecule has 1 saturated heterocycles. The van der Waals surface area contributed by atoms with Crippen LogP contribution >= 0.6 is 11.8 Å². The van der Waals surface area contributed by atoms with E-state index < -0.39 is 21.9 Å². The fourth-order valence-electron chi connectivity index (χ4n) is 2.91. The van der Waals surface area contributed by atoms with Gasteiger partial charge in [0.25, 0.3) is 16.8 Å². The minimum atomic E-state index is -0.546. The second-order valence-electron chi connectivity index (χ2n) is 6.66. The van der Waals surface area contributed by atoms with E-state index in [9.17, 15) is 28.9 Å². The number of benzene rings is 2. The summed E-state index contributed by atoms with van der Waals surface area (Å²) in [6, 6.07) is 12.0. The van der Waals surface area contributed by atoms with Gasteiger partial charge in [-0.2, -0.15) is 0 Å². The monoisotopic (exact) mass is 458 g/mol. The number of anilines is 1. The summed E-state index contributed by atoms with van der Waals surface area (Å²) < 4.78 is 13.8. The van der Waals surface area contributed by atoms with E-state index in [1.54, 1.807) is 24.3 Å². The summed E-state index contributed by atoms with van der Waals surface area (Å²) in [5.41, 5.74) is 0.429. The Balaban J connectivity index is 1.45. The number of para-hydroxylation sites is 2. The van der Waals surface area contributed by atoms with Crippen molar-refractivity contribution in [1.82, 2.24) is 10.2 Å². The predicted octanol–water partition coefficient (Wildman–Crippen LogP) is 3.39. The molecule has 0 aliphatic carbocycles. The van der Waals surface area contributed by atoms with Crippen molar-refractivity contribution in [3.8, 4) is 0 Å². The number of nitrogens with one attached hydrogen (secondary N) is 2. The Labute approximate surface area is 186 Å². The number of halogens is 1. The van der Waals surface area contributed by atoms with Gasteiger partial charge in [-0.05, 0) is 30.0 Å². The first kappa shape index (κ1) is 22.9. The summed E-state index contributed by atoms with van der Waals surface area (Å²) in [6.07, 6.45) is 1.37. The molecule has 2 N–H and O–H groups in total. The number of hydrogen-bond acceptors (Lipinski definition) is 7. The van der Waals surface area contributed by atoms with Gasteiger partial charge in [0.05, 0.1) is 9.83 Å². The SMILES string of the molecule is O=C(CCNc1ccccc1[N+](=O)[O-])NCCN1C(=O)S/C(=C\c2ccccc2F)C1=O. The third kappa shape index (κ3) is 5.70. The Kier molecular flexibility index (Phi) is 7.55. The van der Waals surface area contributed by atoms with Crippen molar-refractivity contribution < 1.29 is 23.7 Å². The molecule has 9 nitrogen and oxygen atoms in total. The highest BCUT2D eigenvalue weighted by atomic mass is 32.2. The fraction of sp³-hybridized carbons (Fsp3) is 0.190. The second kappa shape index (κ2) is 10.5. The van der Waals surface area contributed by atoms with Gasteiger partial charge in [0, 0.05) is 37.7 Å². The Morgan fingerprint density at radius 1 is 1.12 bits per heavy atom. The van der Waals surface area contributed by atoms with Crippen molar-refractivity contribution in [2.24, 2.45) is 0 Å². The van der Waals surface area contributed by atoms with Gasteiger partial charge in [-0.25, -0.2) is 4.39 Å². The topological polar surface area (TPSA) is 122 Å². The van der Waals surface area contributed by atoms with E-state index in [4.69, 9.17) is 0 Å². The van der Waals surface area contributed by atoms with Crippen molar-refractivity contribution >= 4 is 46.3 Å². The number of amides is 3. The highest BCUT2D eigenvalue weighted by Gasteiger charge is 2.34. The summed E-state index contributed by atoms with van der Waals surface area (Å²) >= 11 is 0.713. The highest BCUT2D eigenvalue weighted by molar-refractivity contribution is 8.18. The first-order chi connectivity index (χ1) is 15.4. The lowest BCUT2D eigenvalue weighted by Gasteiger charge is -2.13. The zero-order valence-electron chi connectivity index (χ0n) is 16.7. The van der Waals surface area contributed by atoms with Crippen LogP contribution in [0.1, 0.15) is 12.0 Å². The van der Waals surface area contributed by atoms with Crippen LogP contribution in [0, 0.1) is 15.9 Å². The lowest BCUT2D eigenvalue weighted by molar-refractivity contribution is -0.384. The van der Waals surface area contributed by atoms with Gasteiger partial charge in [-0.15, -0.1) is 0 Å². The number of hydrogen-bond donors (Lipinski definition) is 2. The Bertz CT molecular complexity index is 1090. The number of nitrogens with zero attached hydrogens (tertiary/aromatic N) is 2. The van der Waals surface area contributed by atoms with Gasteiger partial charge < -0.3 is 10.6 Å². The minimum absolute atomic E-state index is 0.0252. The largest absolute Gasteiger partial charge is 0.379 e. The van der Waals surface area contributed by atoms with Crippen LogP contribution in [0.4, 0.5) is 20.6 Å². The van der Waals surface area contributed by atoms with Gasteiger partial charge >= 0.3 is 0 Å². The van der Waals surface area contributed by atoms with Crippen LogP contribution in [-0.4, -0.2) is 46.5 Å². The van der Waals surface area contributed by atoms with Crippen molar-refractivity contribution in [3.63, 3.8) is 0 Å². The maximum Gasteiger partial charge on any atom is 0.293 e. The molecule has 1 aliphatic heterocycles.